The summed E-state index contributed by atoms with van der Waals surface area (Å²) in [7, 11) is 0. The first kappa shape index (κ1) is 13.4. The fourth-order valence-electron chi connectivity index (χ4n) is 2.61. The minimum Gasteiger partial charge on any atom is -0.457 e. The smallest absolute Gasteiger partial charge is 0.374 e. The molecule has 1 aliphatic rings. The van der Waals surface area contributed by atoms with Gasteiger partial charge in [-0.1, -0.05) is 18.2 Å². The summed E-state index contributed by atoms with van der Waals surface area (Å²) in [5.74, 6) is -0.765. The second kappa shape index (κ2) is 5.44. The average molecular weight is 285 g/mol. The molecule has 1 amide bonds. The number of hydrogen-bond acceptors (Lipinski definition) is 4. The maximum atomic E-state index is 12.3. The van der Waals surface area contributed by atoms with Gasteiger partial charge in [0.15, 0.2) is 6.61 Å². The van der Waals surface area contributed by atoms with Gasteiger partial charge in [-0.05, 0) is 37.1 Å². The lowest BCUT2D eigenvalue weighted by Crippen LogP contribution is -2.38. The third kappa shape index (κ3) is 2.54. The van der Waals surface area contributed by atoms with Crippen LogP contribution in [0.3, 0.4) is 0 Å². The minimum atomic E-state index is -0.631. The Labute approximate surface area is 122 Å². The second-order valence-corrected chi connectivity index (χ2v) is 5.00. The molecule has 2 aromatic rings. The summed E-state index contributed by atoms with van der Waals surface area (Å²) < 4.78 is 9.93. The van der Waals surface area contributed by atoms with E-state index >= 15 is 0 Å². The first-order valence-electron chi connectivity index (χ1n) is 6.77. The number of ether oxygens (including phenoxy) is 1. The third-order valence-electron chi connectivity index (χ3n) is 3.53. The molecule has 0 N–H and O–H groups in total. The molecule has 0 fully saturated rings. The molecule has 3 rings (SSSR count). The quantitative estimate of drug-likeness (QED) is 0.813. The van der Waals surface area contributed by atoms with Crippen LogP contribution in [0.4, 0.5) is 5.69 Å². The fraction of sp³-hybridized carbons (Fsp3) is 0.250. The number of para-hydroxylation sites is 1. The van der Waals surface area contributed by atoms with Crippen LogP contribution in [0.2, 0.25) is 0 Å². The highest BCUT2D eigenvalue weighted by Crippen LogP contribution is 2.31. The van der Waals surface area contributed by atoms with Gasteiger partial charge in [-0.15, -0.1) is 0 Å². The van der Waals surface area contributed by atoms with E-state index in [2.05, 4.69) is 0 Å². The molecule has 0 unspecified atom stereocenters. The van der Waals surface area contributed by atoms with Crippen LogP contribution in [0.5, 0.6) is 0 Å². The number of furan rings is 1. The number of rotatable bonds is 3. The van der Waals surface area contributed by atoms with Crippen LogP contribution < -0.4 is 4.90 Å². The van der Waals surface area contributed by atoms with E-state index in [1.165, 1.54) is 12.3 Å². The molecule has 1 aliphatic heterocycles. The van der Waals surface area contributed by atoms with Crippen molar-refractivity contribution in [1.29, 1.82) is 0 Å². The topological polar surface area (TPSA) is 59.8 Å². The zero-order valence-electron chi connectivity index (χ0n) is 11.6. The van der Waals surface area contributed by atoms with E-state index in [-0.39, 0.29) is 24.3 Å². The van der Waals surface area contributed by atoms with Crippen molar-refractivity contribution in [2.45, 2.75) is 19.4 Å². The number of esters is 1. The van der Waals surface area contributed by atoms with E-state index in [1.807, 2.05) is 31.2 Å². The van der Waals surface area contributed by atoms with Crippen LogP contribution >= 0.6 is 0 Å². The highest BCUT2D eigenvalue weighted by atomic mass is 16.5. The summed E-state index contributed by atoms with van der Waals surface area (Å²) in [4.78, 5) is 25.7. The molecule has 0 spiro atoms. The molecule has 108 valence electrons. The summed E-state index contributed by atoms with van der Waals surface area (Å²) in [5.41, 5.74) is 2.03. The Morgan fingerprint density at radius 2 is 2.10 bits per heavy atom. The van der Waals surface area contributed by atoms with Crippen LogP contribution in [-0.2, 0) is 16.0 Å². The molecule has 0 saturated carbocycles. The highest BCUT2D eigenvalue weighted by Gasteiger charge is 2.31. The molecule has 0 bridgehead atoms. The van der Waals surface area contributed by atoms with Crippen molar-refractivity contribution in [2.24, 2.45) is 0 Å². The van der Waals surface area contributed by atoms with Crippen molar-refractivity contribution in [3.63, 3.8) is 0 Å². The van der Waals surface area contributed by atoms with E-state index in [0.29, 0.717) is 0 Å². The van der Waals surface area contributed by atoms with Crippen molar-refractivity contribution in [3.8, 4) is 0 Å². The second-order valence-electron chi connectivity index (χ2n) is 5.00. The molecule has 1 aromatic carbocycles. The van der Waals surface area contributed by atoms with Crippen LogP contribution in [0.1, 0.15) is 23.0 Å². The lowest BCUT2D eigenvalue weighted by molar-refractivity contribution is -0.122. The van der Waals surface area contributed by atoms with Gasteiger partial charge in [-0.2, -0.15) is 0 Å². The molecule has 21 heavy (non-hydrogen) atoms. The van der Waals surface area contributed by atoms with Crippen molar-refractivity contribution < 1.29 is 18.7 Å². The SMILES string of the molecule is C[C@H]1Cc2ccccc2N1C(=O)COC(=O)c1ccco1. The van der Waals surface area contributed by atoms with Gasteiger partial charge in [0, 0.05) is 11.7 Å². The maximum Gasteiger partial charge on any atom is 0.374 e. The average Bonchev–Trinajstić information content (AvgIpc) is 3.10. The van der Waals surface area contributed by atoms with E-state index < -0.39 is 5.97 Å². The first-order chi connectivity index (χ1) is 10.2. The molecule has 5 nitrogen and oxygen atoms in total. The Morgan fingerprint density at radius 3 is 2.86 bits per heavy atom. The van der Waals surface area contributed by atoms with Crippen molar-refractivity contribution in [1.82, 2.24) is 0 Å². The molecule has 0 radical (unpaired) electrons. The predicted octanol–water partition coefficient (Wildman–Crippen LogP) is 2.41. The van der Waals surface area contributed by atoms with Gasteiger partial charge < -0.3 is 14.1 Å². The molecule has 5 heteroatoms. The van der Waals surface area contributed by atoms with E-state index in [1.54, 1.807) is 11.0 Å². The van der Waals surface area contributed by atoms with Crippen LogP contribution in [0, 0.1) is 0 Å². The molecule has 1 atom stereocenters. The zero-order valence-corrected chi connectivity index (χ0v) is 11.6. The van der Waals surface area contributed by atoms with Gasteiger partial charge in [0.25, 0.3) is 5.91 Å². The molecular weight excluding hydrogens is 270 g/mol. The lowest BCUT2D eigenvalue weighted by Gasteiger charge is -2.22. The molecule has 0 saturated heterocycles. The Hall–Kier alpha value is -2.56. The van der Waals surface area contributed by atoms with Gasteiger partial charge in [0.2, 0.25) is 5.76 Å². The fourth-order valence-corrected chi connectivity index (χ4v) is 2.61. The first-order valence-corrected chi connectivity index (χ1v) is 6.77. The van der Waals surface area contributed by atoms with Crippen LogP contribution in [-0.4, -0.2) is 24.5 Å². The van der Waals surface area contributed by atoms with Crippen molar-refractivity contribution in [3.05, 3.63) is 54.0 Å². The van der Waals surface area contributed by atoms with E-state index in [9.17, 15) is 9.59 Å². The van der Waals surface area contributed by atoms with Gasteiger partial charge in [-0.25, -0.2) is 4.79 Å². The highest BCUT2D eigenvalue weighted by molar-refractivity contribution is 5.98. The third-order valence-corrected chi connectivity index (χ3v) is 3.53. The summed E-state index contributed by atoms with van der Waals surface area (Å²) in [5, 5.41) is 0. The standard InChI is InChI=1S/C16H15NO4/c1-11-9-12-5-2-3-6-13(12)17(11)15(18)10-21-16(19)14-7-4-8-20-14/h2-8,11H,9-10H2,1H3/t11-/m0/s1. The Balaban J connectivity index is 1.67. The molecule has 0 aliphatic carbocycles. The number of hydrogen-bond donors (Lipinski definition) is 0. The number of carbonyl (C=O) groups is 2. The normalized spacial score (nSPS) is 16.6. The van der Waals surface area contributed by atoms with Gasteiger partial charge in [0.1, 0.15) is 0 Å². The Kier molecular flexibility index (Phi) is 3.48. The molecular formula is C16H15NO4. The Morgan fingerprint density at radius 1 is 1.29 bits per heavy atom. The number of carbonyl (C=O) groups excluding carboxylic acids is 2. The zero-order chi connectivity index (χ0) is 14.8. The van der Waals surface area contributed by atoms with E-state index in [4.69, 9.17) is 9.15 Å². The maximum absolute atomic E-state index is 12.3. The number of fused-ring (bicyclic) bond motifs is 1. The minimum absolute atomic E-state index is 0.0669. The van der Waals surface area contributed by atoms with Crippen molar-refractivity contribution >= 4 is 17.6 Å². The Bertz CT molecular complexity index is 663. The largest absolute Gasteiger partial charge is 0.457 e. The summed E-state index contributed by atoms with van der Waals surface area (Å²) in [6, 6.07) is 10.9. The van der Waals surface area contributed by atoms with Gasteiger partial charge in [0.05, 0.1) is 6.26 Å². The monoisotopic (exact) mass is 285 g/mol. The summed E-state index contributed by atoms with van der Waals surface area (Å²) in [6.07, 6.45) is 2.20. The van der Waals surface area contributed by atoms with E-state index in [0.717, 1.165) is 17.7 Å². The number of benzene rings is 1. The summed E-state index contributed by atoms with van der Waals surface area (Å²) in [6.45, 7) is 1.68. The van der Waals surface area contributed by atoms with Crippen molar-refractivity contribution in [2.75, 3.05) is 11.5 Å². The number of amides is 1. The van der Waals surface area contributed by atoms with Gasteiger partial charge in [-0.3, -0.25) is 4.79 Å². The summed E-state index contributed by atoms with van der Waals surface area (Å²) >= 11 is 0. The van der Waals surface area contributed by atoms with Crippen LogP contribution in [0.15, 0.2) is 47.1 Å². The molecule has 1 aromatic heterocycles. The predicted molar refractivity (Wildman–Crippen MR) is 76.1 cm³/mol. The van der Waals surface area contributed by atoms with Crippen LogP contribution in [0.25, 0.3) is 0 Å². The number of anilines is 1. The number of nitrogens with zero attached hydrogens (tertiary/aromatic N) is 1. The van der Waals surface area contributed by atoms with Gasteiger partial charge >= 0.3 is 5.97 Å². The lowest BCUT2D eigenvalue weighted by atomic mass is 10.1. The molecule has 2 heterocycles.